The molecule has 0 heterocycles. The fourth-order valence-electron chi connectivity index (χ4n) is 1.58. The second-order valence-corrected chi connectivity index (χ2v) is 4.29. The van der Waals surface area contributed by atoms with Gasteiger partial charge < -0.3 is 14.6 Å². The molecule has 0 saturated carbocycles. The van der Waals surface area contributed by atoms with E-state index in [1.54, 1.807) is 42.5 Å². The van der Waals surface area contributed by atoms with Gasteiger partial charge in [-0.15, -0.1) is 0 Å². The number of hydrogen-bond acceptors (Lipinski definition) is 3. The van der Waals surface area contributed by atoms with Gasteiger partial charge in [-0.25, -0.2) is 4.79 Å². The number of nitrogens with one attached hydrogen (secondary N) is 1. The molecular formula is C14H12ClNO4. The van der Waals surface area contributed by atoms with E-state index in [9.17, 15) is 4.79 Å². The summed E-state index contributed by atoms with van der Waals surface area (Å²) in [6.07, 6.45) is -1.14. The number of carboxylic acid groups (broad SMARTS) is 1. The number of rotatable bonds is 4. The van der Waals surface area contributed by atoms with Crippen LogP contribution in [0.2, 0.25) is 5.02 Å². The Morgan fingerprint density at radius 1 is 1.15 bits per heavy atom. The number of carbonyl (C=O) groups is 1. The molecule has 1 amide bonds. The molecule has 2 aromatic rings. The van der Waals surface area contributed by atoms with Crippen molar-refractivity contribution in [3.8, 4) is 17.2 Å². The first-order valence-corrected chi connectivity index (χ1v) is 6.07. The lowest BCUT2D eigenvalue weighted by molar-refractivity contribution is 0.209. The van der Waals surface area contributed by atoms with Gasteiger partial charge in [0.1, 0.15) is 5.75 Å². The Balaban J connectivity index is 2.23. The number of anilines is 1. The van der Waals surface area contributed by atoms with Crippen LogP contribution in [0.1, 0.15) is 0 Å². The normalized spacial score (nSPS) is 9.90. The maximum Gasteiger partial charge on any atom is 0.409 e. The fraction of sp³-hybridized carbons (Fsp3) is 0.0714. The van der Waals surface area contributed by atoms with Crippen LogP contribution in [0.4, 0.5) is 10.5 Å². The van der Waals surface area contributed by atoms with E-state index >= 15 is 0 Å². The Morgan fingerprint density at radius 2 is 1.85 bits per heavy atom. The Bertz CT molecular complexity index is 613. The SMILES string of the molecule is COc1cc(NC(=O)O)ccc1Oc1ccc(Cl)cc1. The third-order valence-corrected chi connectivity index (χ3v) is 2.71. The van der Waals surface area contributed by atoms with Crippen molar-refractivity contribution in [1.29, 1.82) is 0 Å². The fourth-order valence-corrected chi connectivity index (χ4v) is 1.71. The molecule has 0 unspecified atom stereocenters. The van der Waals surface area contributed by atoms with Crippen LogP contribution in [-0.2, 0) is 0 Å². The maximum absolute atomic E-state index is 10.6. The van der Waals surface area contributed by atoms with Gasteiger partial charge in [0.15, 0.2) is 11.5 Å². The molecule has 2 N–H and O–H groups in total. The van der Waals surface area contributed by atoms with Crippen LogP contribution < -0.4 is 14.8 Å². The molecule has 0 aliphatic heterocycles. The number of halogens is 1. The summed E-state index contributed by atoms with van der Waals surface area (Å²) in [6, 6.07) is 11.6. The first-order chi connectivity index (χ1) is 9.58. The highest BCUT2D eigenvalue weighted by atomic mass is 35.5. The van der Waals surface area contributed by atoms with Gasteiger partial charge in [0.2, 0.25) is 0 Å². The van der Waals surface area contributed by atoms with Gasteiger partial charge in [-0.3, -0.25) is 5.32 Å². The standard InChI is InChI=1S/C14H12ClNO4/c1-19-13-8-10(16-14(17)18)4-7-12(13)20-11-5-2-9(15)3-6-11/h2-8,16H,1H3,(H,17,18). The van der Waals surface area contributed by atoms with E-state index in [1.165, 1.54) is 7.11 Å². The number of methoxy groups -OCH3 is 1. The first-order valence-electron chi connectivity index (χ1n) is 5.70. The van der Waals surface area contributed by atoms with Gasteiger partial charge in [0.05, 0.1) is 7.11 Å². The van der Waals surface area contributed by atoms with E-state index < -0.39 is 6.09 Å². The van der Waals surface area contributed by atoms with Crippen molar-refractivity contribution in [3.63, 3.8) is 0 Å². The van der Waals surface area contributed by atoms with Crippen LogP contribution in [0.3, 0.4) is 0 Å². The largest absolute Gasteiger partial charge is 0.493 e. The molecule has 0 aliphatic carbocycles. The number of hydrogen-bond donors (Lipinski definition) is 2. The predicted octanol–water partition coefficient (Wildman–Crippen LogP) is 4.23. The van der Waals surface area contributed by atoms with Crippen molar-refractivity contribution in [2.45, 2.75) is 0 Å². The minimum Gasteiger partial charge on any atom is -0.493 e. The highest BCUT2D eigenvalue weighted by Gasteiger charge is 2.08. The Morgan fingerprint density at radius 3 is 2.45 bits per heavy atom. The molecule has 5 nitrogen and oxygen atoms in total. The monoisotopic (exact) mass is 293 g/mol. The predicted molar refractivity (Wildman–Crippen MR) is 76.2 cm³/mol. The molecule has 0 spiro atoms. The average Bonchev–Trinajstić information content (AvgIpc) is 2.42. The lowest BCUT2D eigenvalue weighted by atomic mass is 10.2. The summed E-state index contributed by atoms with van der Waals surface area (Å²) in [5.41, 5.74) is 0.401. The quantitative estimate of drug-likeness (QED) is 0.885. The average molecular weight is 294 g/mol. The van der Waals surface area contributed by atoms with Crippen LogP contribution >= 0.6 is 11.6 Å². The lowest BCUT2D eigenvalue weighted by Crippen LogP contribution is -2.07. The maximum atomic E-state index is 10.6. The van der Waals surface area contributed by atoms with E-state index in [4.69, 9.17) is 26.2 Å². The van der Waals surface area contributed by atoms with E-state index in [-0.39, 0.29) is 0 Å². The van der Waals surface area contributed by atoms with Crippen LogP contribution in [0.5, 0.6) is 17.2 Å². The van der Waals surface area contributed by atoms with Gasteiger partial charge in [-0.2, -0.15) is 0 Å². The summed E-state index contributed by atoms with van der Waals surface area (Å²) < 4.78 is 10.8. The molecule has 104 valence electrons. The molecule has 0 aromatic heterocycles. The van der Waals surface area contributed by atoms with Crippen molar-refractivity contribution in [3.05, 3.63) is 47.5 Å². The summed E-state index contributed by atoms with van der Waals surface area (Å²) in [5.74, 6) is 1.50. The van der Waals surface area contributed by atoms with Crippen LogP contribution in [-0.4, -0.2) is 18.3 Å². The van der Waals surface area contributed by atoms with Gasteiger partial charge in [0.25, 0.3) is 0 Å². The Kier molecular flexibility index (Phi) is 4.32. The molecule has 0 saturated heterocycles. The van der Waals surface area contributed by atoms with Crippen molar-refractivity contribution in [2.75, 3.05) is 12.4 Å². The van der Waals surface area contributed by atoms with Crippen LogP contribution in [0.15, 0.2) is 42.5 Å². The second-order valence-electron chi connectivity index (χ2n) is 3.85. The number of benzene rings is 2. The molecule has 0 radical (unpaired) electrons. The molecule has 0 bridgehead atoms. The zero-order chi connectivity index (χ0) is 14.5. The van der Waals surface area contributed by atoms with Gasteiger partial charge in [-0.1, -0.05) is 11.6 Å². The molecule has 0 fully saturated rings. The van der Waals surface area contributed by atoms with Crippen molar-refractivity contribution < 1.29 is 19.4 Å². The van der Waals surface area contributed by atoms with E-state index in [0.717, 1.165) is 0 Å². The molecular weight excluding hydrogens is 282 g/mol. The molecule has 20 heavy (non-hydrogen) atoms. The summed E-state index contributed by atoms with van der Waals surface area (Å²) >= 11 is 5.80. The molecule has 2 aromatic carbocycles. The van der Waals surface area contributed by atoms with E-state index in [2.05, 4.69) is 5.32 Å². The number of ether oxygens (including phenoxy) is 2. The Hall–Kier alpha value is -2.40. The zero-order valence-electron chi connectivity index (χ0n) is 10.6. The van der Waals surface area contributed by atoms with Gasteiger partial charge in [0, 0.05) is 16.8 Å². The summed E-state index contributed by atoms with van der Waals surface area (Å²) in [6.45, 7) is 0. The zero-order valence-corrected chi connectivity index (χ0v) is 11.3. The minimum absolute atomic E-state index is 0.401. The summed E-state index contributed by atoms with van der Waals surface area (Å²) in [4.78, 5) is 10.6. The van der Waals surface area contributed by atoms with E-state index in [0.29, 0.717) is 28.0 Å². The third-order valence-electron chi connectivity index (χ3n) is 2.46. The number of amides is 1. The second kappa shape index (κ2) is 6.16. The van der Waals surface area contributed by atoms with Crippen LogP contribution in [0, 0.1) is 0 Å². The van der Waals surface area contributed by atoms with Gasteiger partial charge >= 0.3 is 6.09 Å². The molecule has 2 rings (SSSR count). The highest BCUT2D eigenvalue weighted by Crippen LogP contribution is 2.34. The molecule has 0 aliphatic rings. The molecule has 0 atom stereocenters. The summed E-state index contributed by atoms with van der Waals surface area (Å²) in [7, 11) is 1.48. The van der Waals surface area contributed by atoms with Crippen molar-refractivity contribution >= 4 is 23.4 Å². The third kappa shape index (κ3) is 3.55. The Labute approximate surface area is 120 Å². The highest BCUT2D eigenvalue weighted by molar-refractivity contribution is 6.30. The topological polar surface area (TPSA) is 67.8 Å². The first kappa shape index (κ1) is 14.0. The van der Waals surface area contributed by atoms with Crippen molar-refractivity contribution in [2.24, 2.45) is 0 Å². The van der Waals surface area contributed by atoms with Crippen molar-refractivity contribution in [1.82, 2.24) is 0 Å². The summed E-state index contributed by atoms with van der Waals surface area (Å²) in [5, 5.41) is 11.5. The van der Waals surface area contributed by atoms with Gasteiger partial charge in [-0.05, 0) is 36.4 Å². The molecule has 6 heteroatoms. The van der Waals surface area contributed by atoms with E-state index in [1.807, 2.05) is 0 Å². The smallest absolute Gasteiger partial charge is 0.409 e. The minimum atomic E-state index is -1.14. The van der Waals surface area contributed by atoms with Crippen LogP contribution in [0.25, 0.3) is 0 Å². The lowest BCUT2D eigenvalue weighted by Gasteiger charge is -2.11.